The highest BCUT2D eigenvalue weighted by molar-refractivity contribution is 8.15. The van der Waals surface area contributed by atoms with Crippen LogP contribution in [0.4, 0.5) is 5.69 Å². The topological polar surface area (TPSA) is 84.1 Å². The summed E-state index contributed by atoms with van der Waals surface area (Å²) >= 11 is 1.51. The maximum atomic E-state index is 12.6. The molecule has 31 heavy (non-hydrogen) atoms. The molecule has 3 aromatic rings. The van der Waals surface area contributed by atoms with Crippen molar-refractivity contribution < 1.29 is 8.42 Å². The van der Waals surface area contributed by atoms with Gasteiger partial charge in [-0.1, -0.05) is 23.9 Å². The number of amidine groups is 1. The number of anilines is 1. The summed E-state index contributed by atoms with van der Waals surface area (Å²) in [6.07, 6.45) is 1.70. The Bertz CT molecular complexity index is 1380. The van der Waals surface area contributed by atoms with Crippen molar-refractivity contribution >= 4 is 38.1 Å². The van der Waals surface area contributed by atoms with Crippen LogP contribution in [0.25, 0.3) is 5.65 Å². The normalized spacial score (nSPS) is 21.8. The molecule has 9 heteroatoms. The Morgan fingerprint density at radius 2 is 1.97 bits per heavy atom. The van der Waals surface area contributed by atoms with Crippen molar-refractivity contribution in [3.05, 3.63) is 75.8 Å². The lowest BCUT2D eigenvalue weighted by atomic mass is 10.1. The Labute approximate surface area is 184 Å². The summed E-state index contributed by atoms with van der Waals surface area (Å²) in [5.74, 6) is 0.260. The van der Waals surface area contributed by atoms with Gasteiger partial charge in [0.2, 0.25) is 0 Å². The molecule has 4 heterocycles. The summed E-state index contributed by atoms with van der Waals surface area (Å²) in [6.45, 7) is 4.50. The molecule has 2 aromatic heterocycles. The van der Waals surface area contributed by atoms with E-state index < -0.39 is 9.84 Å². The Kier molecular flexibility index (Phi) is 4.90. The fourth-order valence-electron chi connectivity index (χ4n) is 3.98. The number of pyridine rings is 1. The zero-order valence-electron chi connectivity index (χ0n) is 17.2. The molecule has 2 atom stereocenters. The van der Waals surface area contributed by atoms with Crippen molar-refractivity contribution in [1.82, 2.24) is 9.38 Å². The number of aryl methyl sites for hydroxylation is 2. The summed E-state index contributed by atoms with van der Waals surface area (Å²) < 4.78 is 25.5. The van der Waals surface area contributed by atoms with E-state index in [1.807, 2.05) is 23.1 Å². The van der Waals surface area contributed by atoms with Crippen molar-refractivity contribution in [2.45, 2.75) is 31.7 Å². The predicted octanol–water partition coefficient (Wildman–Crippen LogP) is 2.59. The second-order valence-corrected chi connectivity index (χ2v) is 11.4. The molecule has 5 rings (SSSR count). The van der Waals surface area contributed by atoms with E-state index in [-0.39, 0.29) is 28.4 Å². The first-order valence-electron chi connectivity index (χ1n) is 10.1. The molecule has 2 aliphatic heterocycles. The van der Waals surface area contributed by atoms with Crippen LogP contribution in [-0.2, 0) is 16.4 Å². The average Bonchev–Trinajstić information content (AvgIpc) is 3.22. The van der Waals surface area contributed by atoms with Gasteiger partial charge in [0.25, 0.3) is 5.56 Å². The molecule has 0 unspecified atom stereocenters. The maximum absolute atomic E-state index is 12.6. The molecule has 1 aromatic carbocycles. The number of aliphatic imine (C=N–C) groups is 1. The maximum Gasteiger partial charge on any atom is 0.258 e. The third kappa shape index (κ3) is 3.87. The molecule has 1 saturated heterocycles. The summed E-state index contributed by atoms with van der Waals surface area (Å²) in [7, 11) is -3.02. The molecule has 160 valence electrons. The summed E-state index contributed by atoms with van der Waals surface area (Å²) in [6, 6.07) is 13.0. The largest absolute Gasteiger partial charge is 0.315 e. The van der Waals surface area contributed by atoms with Gasteiger partial charge in [-0.3, -0.25) is 14.2 Å². The number of hydrogen-bond acceptors (Lipinski definition) is 7. The van der Waals surface area contributed by atoms with Gasteiger partial charge in [-0.25, -0.2) is 13.4 Å². The molecule has 0 spiro atoms. The molecule has 0 amide bonds. The molecular formula is C22H22N4O3S2. The molecule has 0 radical (unpaired) electrons. The van der Waals surface area contributed by atoms with Gasteiger partial charge in [0.05, 0.1) is 29.8 Å². The SMILES string of the molecule is Cc1ccc(N(Cc2cc(=O)n3ccccc3n2)C2=N[C@H]3CS(=O)(=O)C[C@@H]3S2)cc1C. The molecule has 1 fully saturated rings. The Hall–Kier alpha value is -2.65. The first-order valence-corrected chi connectivity index (χ1v) is 12.8. The zero-order chi connectivity index (χ0) is 21.8. The van der Waals surface area contributed by atoms with E-state index >= 15 is 0 Å². The first kappa shape index (κ1) is 20.3. The number of nitrogens with zero attached hydrogens (tertiary/aromatic N) is 4. The standard InChI is InChI=1S/C22H22N4O3S2/c1-14-6-7-17(9-15(14)2)26(22-24-18-12-31(28,29)13-19(18)30-22)11-16-10-21(27)25-8-4-3-5-20(25)23-16/h3-10,18-19H,11-13H2,1-2H3/t18-,19-/m0/s1. The lowest BCUT2D eigenvalue weighted by molar-refractivity contribution is 0.601. The Morgan fingerprint density at radius 1 is 1.13 bits per heavy atom. The second kappa shape index (κ2) is 7.49. The summed E-state index contributed by atoms with van der Waals surface area (Å²) in [4.78, 5) is 24.1. The minimum atomic E-state index is -3.02. The van der Waals surface area contributed by atoms with E-state index in [2.05, 4.69) is 31.0 Å². The van der Waals surface area contributed by atoms with E-state index in [4.69, 9.17) is 4.99 Å². The summed E-state index contributed by atoms with van der Waals surface area (Å²) in [5.41, 5.74) is 4.39. The van der Waals surface area contributed by atoms with Crippen molar-refractivity contribution in [2.75, 3.05) is 16.4 Å². The lowest BCUT2D eigenvalue weighted by Gasteiger charge is -2.25. The van der Waals surface area contributed by atoms with Crippen LogP contribution in [-0.4, -0.2) is 45.8 Å². The average molecular weight is 455 g/mol. The fourth-order valence-corrected chi connectivity index (χ4v) is 7.76. The number of sulfone groups is 1. The number of hydrogen-bond donors (Lipinski definition) is 0. The monoisotopic (exact) mass is 454 g/mol. The van der Waals surface area contributed by atoms with E-state index in [1.165, 1.54) is 21.7 Å². The van der Waals surface area contributed by atoms with Crippen LogP contribution in [0.1, 0.15) is 16.8 Å². The number of aromatic nitrogens is 2. The number of fused-ring (bicyclic) bond motifs is 2. The predicted molar refractivity (Wildman–Crippen MR) is 125 cm³/mol. The summed E-state index contributed by atoms with van der Waals surface area (Å²) in [5, 5.41) is 0.729. The van der Waals surface area contributed by atoms with Gasteiger partial charge >= 0.3 is 0 Å². The first-order chi connectivity index (χ1) is 14.8. The highest BCUT2D eigenvalue weighted by atomic mass is 32.2. The number of thioether (sulfide) groups is 1. The van der Waals surface area contributed by atoms with E-state index in [0.29, 0.717) is 17.9 Å². The molecular weight excluding hydrogens is 432 g/mol. The molecule has 0 bridgehead atoms. The van der Waals surface area contributed by atoms with Crippen molar-refractivity contribution in [3.8, 4) is 0 Å². The number of benzene rings is 1. The van der Waals surface area contributed by atoms with Gasteiger partial charge in [-0.05, 0) is 49.2 Å². The van der Waals surface area contributed by atoms with Crippen LogP contribution < -0.4 is 10.5 Å². The second-order valence-electron chi connectivity index (χ2n) is 8.08. The van der Waals surface area contributed by atoms with Crippen LogP contribution in [0.15, 0.2) is 58.4 Å². The quantitative estimate of drug-likeness (QED) is 0.605. The van der Waals surface area contributed by atoms with E-state index in [1.54, 1.807) is 18.3 Å². The van der Waals surface area contributed by atoms with Crippen molar-refractivity contribution in [1.29, 1.82) is 0 Å². The fraction of sp³-hybridized carbons (Fsp3) is 0.318. The smallest absolute Gasteiger partial charge is 0.258 e. The molecule has 0 N–H and O–H groups in total. The van der Waals surface area contributed by atoms with Gasteiger partial charge < -0.3 is 4.90 Å². The molecule has 7 nitrogen and oxygen atoms in total. The van der Waals surface area contributed by atoms with Crippen LogP contribution >= 0.6 is 11.8 Å². The van der Waals surface area contributed by atoms with Gasteiger partial charge in [0.15, 0.2) is 15.0 Å². The van der Waals surface area contributed by atoms with E-state index in [0.717, 1.165) is 16.4 Å². The minimum Gasteiger partial charge on any atom is -0.315 e. The highest BCUT2D eigenvalue weighted by Crippen LogP contribution is 2.37. The van der Waals surface area contributed by atoms with Crippen LogP contribution in [0.2, 0.25) is 0 Å². The van der Waals surface area contributed by atoms with Gasteiger partial charge in [-0.2, -0.15) is 0 Å². The Balaban J connectivity index is 1.55. The molecule has 0 aliphatic carbocycles. The number of rotatable bonds is 3. The van der Waals surface area contributed by atoms with E-state index in [9.17, 15) is 13.2 Å². The Morgan fingerprint density at radius 3 is 2.74 bits per heavy atom. The van der Waals surface area contributed by atoms with Gasteiger partial charge in [0.1, 0.15) is 5.65 Å². The van der Waals surface area contributed by atoms with Crippen LogP contribution in [0.3, 0.4) is 0 Å². The van der Waals surface area contributed by atoms with Crippen LogP contribution in [0, 0.1) is 13.8 Å². The van der Waals surface area contributed by atoms with Crippen molar-refractivity contribution in [3.63, 3.8) is 0 Å². The lowest BCUT2D eigenvalue weighted by Crippen LogP contribution is -2.29. The molecule has 0 saturated carbocycles. The minimum absolute atomic E-state index is 0.0516. The van der Waals surface area contributed by atoms with Gasteiger partial charge in [0, 0.05) is 23.2 Å². The third-order valence-corrected chi connectivity index (χ3v) is 9.03. The highest BCUT2D eigenvalue weighted by Gasteiger charge is 2.44. The third-order valence-electron chi connectivity index (χ3n) is 5.78. The zero-order valence-corrected chi connectivity index (χ0v) is 18.9. The van der Waals surface area contributed by atoms with Gasteiger partial charge in [-0.15, -0.1) is 0 Å². The molecule has 2 aliphatic rings. The van der Waals surface area contributed by atoms with Crippen molar-refractivity contribution in [2.24, 2.45) is 4.99 Å². The van der Waals surface area contributed by atoms with Crippen LogP contribution in [0.5, 0.6) is 0 Å².